The highest BCUT2D eigenvalue weighted by molar-refractivity contribution is 9.10. The Morgan fingerprint density at radius 3 is 2.80 bits per heavy atom. The number of halogens is 1. The molecular formula is C11H15BrN2O. The highest BCUT2D eigenvalue weighted by Crippen LogP contribution is 2.26. The second-order valence-electron chi connectivity index (χ2n) is 3.96. The fourth-order valence-electron chi connectivity index (χ4n) is 1.90. The molecule has 4 heteroatoms. The van der Waals surface area contributed by atoms with Crippen LogP contribution in [0.15, 0.2) is 16.7 Å². The van der Waals surface area contributed by atoms with E-state index in [-0.39, 0.29) is 6.10 Å². The molecule has 3 nitrogen and oxygen atoms in total. The van der Waals surface area contributed by atoms with Gasteiger partial charge in [-0.25, -0.2) is 4.98 Å². The maximum absolute atomic E-state index is 9.44. The average molecular weight is 271 g/mol. The van der Waals surface area contributed by atoms with Crippen LogP contribution in [0, 0.1) is 6.92 Å². The first-order valence-corrected chi connectivity index (χ1v) is 6.02. The fraction of sp³-hybridized carbons (Fsp3) is 0.545. The topological polar surface area (TPSA) is 36.4 Å². The van der Waals surface area contributed by atoms with Crippen molar-refractivity contribution in [3.05, 3.63) is 22.3 Å². The Kier molecular flexibility index (Phi) is 3.26. The molecule has 1 aliphatic heterocycles. The number of pyridine rings is 1. The van der Waals surface area contributed by atoms with Gasteiger partial charge in [0.2, 0.25) is 0 Å². The molecule has 2 heterocycles. The van der Waals surface area contributed by atoms with Crippen molar-refractivity contribution in [1.29, 1.82) is 0 Å². The van der Waals surface area contributed by atoms with Crippen LogP contribution in [0.25, 0.3) is 0 Å². The van der Waals surface area contributed by atoms with E-state index in [1.54, 1.807) is 0 Å². The van der Waals surface area contributed by atoms with Crippen molar-refractivity contribution in [2.24, 2.45) is 0 Å². The summed E-state index contributed by atoms with van der Waals surface area (Å²) in [7, 11) is 0. The maximum atomic E-state index is 9.44. The summed E-state index contributed by atoms with van der Waals surface area (Å²) < 4.78 is 1.10. The van der Waals surface area contributed by atoms with Crippen molar-refractivity contribution in [1.82, 2.24) is 4.98 Å². The molecule has 1 N–H and O–H groups in total. The molecule has 0 aromatic carbocycles. The van der Waals surface area contributed by atoms with Crippen LogP contribution in [-0.2, 0) is 0 Å². The lowest BCUT2D eigenvalue weighted by Gasteiger charge is -2.31. The molecule has 1 saturated heterocycles. The Balaban J connectivity index is 2.19. The predicted molar refractivity (Wildman–Crippen MR) is 64.1 cm³/mol. The lowest BCUT2D eigenvalue weighted by Crippen LogP contribution is -2.36. The van der Waals surface area contributed by atoms with Gasteiger partial charge in [0.25, 0.3) is 0 Å². The summed E-state index contributed by atoms with van der Waals surface area (Å²) in [5.74, 6) is 1.04. The van der Waals surface area contributed by atoms with Gasteiger partial charge in [0, 0.05) is 29.3 Å². The molecule has 0 spiro atoms. The van der Waals surface area contributed by atoms with Crippen LogP contribution in [0.4, 0.5) is 5.82 Å². The van der Waals surface area contributed by atoms with E-state index in [9.17, 15) is 5.11 Å². The zero-order valence-electron chi connectivity index (χ0n) is 8.78. The first-order valence-electron chi connectivity index (χ1n) is 5.22. The van der Waals surface area contributed by atoms with E-state index in [0.717, 1.165) is 36.2 Å². The van der Waals surface area contributed by atoms with Crippen LogP contribution in [0.5, 0.6) is 0 Å². The normalized spacial score (nSPS) is 18.2. The van der Waals surface area contributed by atoms with Crippen LogP contribution in [-0.4, -0.2) is 29.3 Å². The molecule has 1 aromatic rings. The molecule has 2 rings (SSSR count). The van der Waals surface area contributed by atoms with Gasteiger partial charge in [-0.15, -0.1) is 0 Å². The number of hydrogen-bond donors (Lipinski definition) is 1. The lowest BCUT2D eigenvalue weighted by atomic mass is 10.1. The zero-order valence-corrected chi connectivity index (χ0v) is 10.4. The van der Waals surface area contributed by atoms with E-state index in [1.807, 2.05) is 12.3 Å². The summed E-state index contributed by atoms with van der Waals surface area (Å²) in [6.07, 6.45) is 3.37. The van der Waals surface area contributed by atoms with Crippen LogP contribution in [0.3, 0.4) is 0 Å². The smallest absolute Gasteiger partial charge is 0.132 e. The highest BCUT2D eigenvalue weighted by Gasteiger charge is 2.19. The van der Waals surface area contributed by atoms with Crippen molar-refractivity contribution in [2.75, 3.05) is 18.0 Å². The third kappa shape index (κ3) is 2.32. The highest BCUT2D eigenvalue weighted by atomic mass is 79.9. The fourth-order valence-corrected chi connectivity index (χ4v) is 2.19. The Labute approximate surface area is 98.3 Å². The molecular weight excluding hydrogens is 256 g/mol. The number of rotatable bonds is 1. The van der Waals surface area contributed by atoms with Gasteiger partial charge in [0.1, 0.15) is 5.82 Å². The predicted octanol–water partition coefficient (Wildman–Crippen LogP) is 2.11. The van der Waals surface area contributed by atoms with Gasteiger partial charge in [-0.2, -0.15) is 0 Å². The summed E-state index contributed by atoms with van der Waals surface area (Å²) in [6.45, 7) is 3.86. The standard InChI is InChI=1S/C11H15BrN2O/c1-8-10(12)2-5-13-11(8)14-6-3-9(15)4-7-14/h2,5,9,15H,3-4,6-7H2,1H3. The Morgan fingerprint density at radius 2 is 2.13 bits per heavy atom. The summed E-state index contributed by atoms with van der Waals surface area (Å²) >= 11 is 3.51. The van der Waals surface area contributed by atoms with Gasteiger partial charge >= 0.3 is 0 Å². The molecule has 82 valence electrons. The first kappa shape index (κ1) is 10.9. The van der Waals surface area contributed by atoms with Gasteiger partial charge in [0.05, 0.1) is 6.10 Å². The average Bonchev–Trinajstić information content (AvgIpc) is 2.24. The molecule has 0 aliphatic carbocycles. The van der Waals surface area contributed by atoms with Crippen LogP contribution >= 0.6 is 15.9 Å². The van der Waals surface area contributed by atoms with Crippen molar-refractivity contribution >= 4 is 21.7 Å². The summed E-state index contributed by atoms with van der Waals surface area (Å²) in [4.78, 5) is 6.64. The number of nitrogens with zero attached hydrogens (tertiary/aromatic N) is 2. The molecule has 1 aliphatic rings. The van der Waals surface area contributed by atoms with E-state index < -0.39 is 0 Å². The molecule has 0 radical (unpaired) electrons. The molecule has 0 amide bonds. The number of anilines is 1. The van der Waals surface area contributed by atoms with E-state index in [0.29, 0.717) is 0 Å². The Hall–Kier alpha value is -0.610. The molecule has 1 aromatic heterocycles. The third-order valence-electron chi connectivity index (χ3n) is 2.88. The molecule has 15 heavy (non-hydrogen) atoms. The Bertz CT molecular complexity index is 348. The quantitative estimate of drug-likeness (QED) is 0.850. The summed E-state index contributed by atoms with van der Waals surface area (Å²) in [6, 6.07) is 1.96. The minimum atomic E-state index is -0.131. The molecule has 0 saturated carbocycles. The summed E-state index contributed by atoms with van der Waals surface area (Å²) in [5, 5.41) is 9.44. The van der Waals surface area contributed by atoms with Gasteiger partial charge in [0.15, 0.2) is 0 Å². The van der Waals surface area contributed by atoms with Gasteiger partial charge in [-0.3, -0.25) is 0 Å². The molecule has 0 bridgehead atoms. The van der Waals surface area contributed by atoms with Crippen molar-refractivity contribution in [2.45, 2.75) is 25.9 Å². The summed E-state index contributed by atoms with van der Waals surface area (Å²) in [5.41, 5.74) is 1.17. The maximum Gasteiger partial charge on any atom is 0.132 e. The SMILES string of the molecule is Cc1c(Br)ccnc1N1CCC(O)CC1. The zero-order chi connectivity index (χ0) is 10.8. The number of piperidine rings is 1. The number of aliphatic hydroxyl groups excluding tert-OH is 1. The van der Waals surface area contributed by atoms with Crippen LogP contribution in [0.1, 0.15) is 18.4 Å². The minimum absolute atomic E-state index is 0.131. The molecule has 0 unspecified atom stereocenters. The van der Waals surface area contributed by atoms with Gasteiger partial charge < -0.3 is 10.0 Å². The van der Waals surface area contributed by atoms with Crippen LogP contribution in [0.2, 0.25) is 0 Å². The second kappa shape index (κ2) is 4.49. The van der Waals surface area contributed by atoms with Crippen LogP contribution < -0.4 is 4.90 Å². The number of hydrogen-bond acceptors (Lipinski definition) is 3. The van der Waals surface area contributed by atoms with E-state index in [2.05, 4.69) is 32.7 Å². The van der Waals surface area contributed by atoms with Crippen molar-refractivity contribution in [3.63, 3.8) is 0 Å². The van der Waals surface area contributed by atoms with Crippen molar-refractivity contribution in [3.8, 4) is 0 Å². The lowest BCUT2D eigenvalue weighted by molar-refractivity contribution is 0.145. The van der Waals surface area contributed by atoms with E-state index >= 15 is 0 Å². The largest absolute Gasteiger partial charge is 0.393 e. The van der Waals surface area contributed by atoms with Gasteiger partial charge in [-0.1, -0.05) is 15.9 Å². The van der Waals surface area contributed by atoms with Gasteiger partial charge in [-0.05, 0) is 25.8 Å². The minimum Gasteiger partial charge on any atom is -0.393 e. The second-order valence-corrected chi connectivity index (χ2v) is 4.81. The third-order valence-corrected chi connectivity index (χ3v) is 3.73. The molecule has 0 atom stereocenters. The van der Waals surface area contributed by atoms with E-state index in [1.165, 1.54) is 5.56 Å². The molecule has 1 fully saturated rings. The number of aromatic nitrogens is 1. The van der Waals surface area contributed by atoms with Crippen molar-refractivity contribution < 1.29 is 5.11 Å². The Morgan fingerprint density at radius 1 is 1.47 bits per heavy atom. The first-order chi connectivity index (χ1) is 7.18. The number of aliphatic hydroxyl groups is 1. The monoisotopic (exact) mass is 270 g/mol. The van der Waals surface area contributed by atoms with E-state index in [4.69, 9.17) is 0 Å².